The van der Waals surface area contributed by atoms with Crippen molar-refractivity contribution in [3.05, 3.63) is 23.9 Å². The molecule has 0 spiro atoms. The summed E-state index contributed by atoms with van der Waals surface area (Å²) in [5, 5.41) is 12.9. The highest BCUT2D eigenvalue weighted by atomic mass is 16.3. The number of aliphatic hydroxyl groups excluding tert-OH is 1. The Balaban J connectivity index is 1.92. The van der Waals surface area contributed by atoms with E-state index in [1.807, 2.05) is 19.2 Å². The number of anilines is 1. The van der Waals surface area contributed by atoms with Crippen LogP contribution in [0.2, 0.25) is 0 Å². The Hall–Kier alpha value is -1.13. The molecular formula is C15H25N3O. The third kappa shape index (κ3) is 3.91. The lowest BCUT2D eigenvalue weighted by molar-refractivity contribution is 0.0696. The summed E-state index contributed by atoms with van der Waals surface area (Å²) in [5.41, 5.74) is 1.26. The highest BCUT2D eigenvalue weighted by Gasteiger charge is 2.22. The Labute approximate surface area is 115 Å². The number of rotatable bonds is 5. The zero-order chi connectivity index (χ0) is 13.7. The van der Waals surface area contributed by atoms with Gasteiger partial charge in [0.1, 0.15) is 5.82 Å². The average molecular weight is 263 g/mol. The molecule has 4 heteroatoms. The number of hydrogen-bond acceptors (Lipinski definition) is 4. The number of hydrogen-bond donors (Lipinski definition) is 2. The molecule has 1 saturated heterocycles. The van der Waals surface area contributed by atoms with Crippen LogP contribution < -0.4 is 5.32 Å². The predicted molar refractivity (Wildman–Crippen MR) is 78.1 cm³/mol. The SMILES string of the molecule is CCNc1ncccc1CN1CCC(C(C)O)CC1. The maximum Gasteiger partial charge on any atom is 0.130 e. The van der Waals surface area contributed by atoms with E-state index in [2.05, 4.69) is 28.2 Å². The molecule has 19 heavy (non-hydrogen) atoms. The van der Waals surface area contributed by atoms with Gasteiger partial charge in [0.2, 0.25) is 0 Å². The number of nitrogens with one attached hydrogen (secondary N) is 1. The van der Waals surface area contributed by atoms with Gasteiger partial charge in [0, 0.05) is 24.8 Å². The number of aromatic nitrogens is 1. The number of likely N-dealkylation sites (tertiary alicyclic amines) is 1. The minimum atomic E-state index is -0.169. The molecular weight excluding hydrogens is 238 g/mol. The van der Waals surface area contributed by atoms with Gasteiger partial charge in [-0.1, -0.05) is 6.07 Å². The van der Waals surface area contributed by atoms with Crippen molar-refractivity contribution in [3.63, 3.8) is 0 Å². The molecule has 0 bridgehead atoms. The van der Waals surface area contributed by atoms with Crippen LogP contribution in [-0.4, -0.2) is 40.7 Å². The van der Waals surface area contributed by atoms with E-state index in [9.17, 15) is 5.11 Å². The van der Waals surface area contributed by atoms with Crippen molar-refractivity contribution in [3.8, 4) is 0 Å². The van der Waals surface area contributed by atoms with Crippen LogP contribution in [0.4, 0.5) is 5.82 Å². The molecule has 0 aliphatic carbocycles. The minimum Gasteiger partial charge on any atom is -0.393 e. The van der Waals surface area contributed by atoms with Crippen LogP contribution in [0.15, 0.2) is 18.3 Å². The Morgan fingerprint density at radius 1 is 1.47 bits per heavy atom. The summed E-state index contributed by atoms with van der Waals surface area (Å²) in [4.78, 5) is 6.85. The standard InChI is InChI=1S/C15H25N3O/c1-3-16-15-14(5-4-8-17-15)11-18-9-6-13(7-10-18)12(2)19/h4-5,8,12-13,19H,3,6-7,9-11H2,1-2H3,(H,16,17). The molecule has 0 radical (unpaired) electrons. The van der Waals surface area contributed by atoms with Gasteiger partial charge in [0.15, 0.2) is 0 Å². The van der Waals surface area contributed by atoms with Crippen molar-refractivity contribution in [2.45, 2.75) is 39.3 Å². The zero-order valence-electron chi connectivity index (χ0n) is 12.0. The van der Waals surface area contributed by atoms with Gasteiger partial charge in [-0.05, 0) is 51.8 Å². The smallest absolute Gasteiger partial charge is 0.130 e. The van der Waals surface area contributed by atoms with E-state index < -0.39 is 0 Å². The topological polar surface area (TPSA) is 48.4 Å². The second-order valence-electron chi connectivity index (χ2n) is 5.40. The van der Waals surface area contributed by atoms with Crippen molar-refractivity contribution in [1.29, 1.82) is 0 Å². The third-order valence-electron chi connectivity index (χ3n) is 3.94. The van der Waals surface area contributed by atoms with Crippen molar-refractivity contribution in [2.75, 3.05) is 25.0 Å². The molecule has 2 N–H and O–H groups in total. The van der Waals surface area contributed by atoms with E-state index in [-0.39, 0.29) is 6.10 Å². The molecule has 2 rings (SSSR count). The highest BCUT2D eigenvalue weighted by molar-refractivity contribution is 5.43. The lowest BCUT2D eigenvalue weighted by Crippen LogP contribution is -2.36. The molecule has 0 amide bonds. The lowest BCUT2D eigenvalue weighted by Gasteiger charge is -2.33. The summed E-state index contributed by atoms with van der Waals surface area (Å²) in [6.45, 7) is 7.97. The molecule has 2 heterocycles. The Morgan fingerprint density at radius 3 is 2.84 bits per heavy atom. The molecule has 1 atom stereocenters. The molecule has 4 nitrogen and oxygen atoms in total. The Bertz CT molecular complexity index is 387. The van der Waals surface area contributed by atoms with Gasteiger partial charge in [-0.3, -0.25) is 4.90 Å². The van der Waals surface area contributed by atoms with E-state index in [0.29, 0.717) is 5.92 Å². The molecule has 0 aromatic carbocycles. The number of piperidine rings is 1. The fourth-order valence-corrected chi connectivity index (χ4v) is 2.73. The van der Waals surface area contributed by atoms with Crippen LogP contribution in [0, 0.1) is 5.92 Å². The van der Waals surface area contributed by atoms with Gasteiger partial charge in [0.25, 0.3) is 0 Å². The molecule has 1 aliphatic rings. The van der Waals surface area contributed by atoms with Gasteiger partial charge in [-0.2, -0.15) is 0 Å². The van der Waals surface area contributed by atoms with Gasteiger partial charge in [-0.15, -0.1) is 0 Å². The monoisotopic (exact) mass is 263 g/mol. The number of aliphatic hydroxyl groups is 1. The van der Waals surface area contributed by atoms with Crippen molar-refractivity contribution >= 4 is 5.82 Å². The van der Waals surface area contributed by atoms with Crippen LogP contribution in [0.5, 0.6) is 0 Å². The van der Waals surface area contributed by atoms with Gasteiger partial charge in [-0.25, -0.2) is 4.98 Å². The first-order valence-electron chi connectivity index (χ1n) is 7.29. The summed E-state index contributed by atoms with van der Waals surface area (Å²) in [6, 6.07) is 4.14. The van der Waals surface area contributed by atoms with E-state index in [4.69, 9.17) is 0 Å². The molecule has 106 valence electrons. The van der Waals surface area contributed by atoms with Crippen LogP contribution in [0.1, 0.15) is 32.3 Å². The van der Waals surface area contributed by atoms with Crippen LogP contribution in [0.3, 0.4) is 0 Å². The molecule has 1 aliphatic heterocycles. The molecule has 0 saturated carbocycles. The first kappa shape index (κ1) is 14.3. The summed E-state index contributed by atoms with van der Waals surface area (Å²) in [7, 11) is 0. The second kappa shape index (κ2) is 6.87. The first-order chi connectivity index (χ1) is 9.20. The van der Waals surface area contributed by atoms with Crippen molar-refractivity contribution < 1.29 is 5.11 Å². The Kier molecular flexibility index (Phi) is 5.16. The van der Waals surface area contributed by atoms with Crippen molar-refractivity contribution in [2.24, 2.45) is 5.92 Å². The maximum atomic E-state index is 9.63. The normalized spacial score (nSPS) is 19.3. The second-order valence-corrected chi connectivity index (χ2v) is 5.40. The summed E-state index contributed by atoms with van der Waals surface area (Å²) < 4.78 is 0. The number of pyridine rings is 1. The van der Waals surface area contributed by atoms with Crippen LogP contribution >= 0.6 is 0 Å². The van der Waals surface area contributed by atoms with Crippen molar-refractivity contribution in [1.82, 2.24) is 9.88 Å². The van der Waals surface area contributed by atoms with E-state index >= 15 is 0 Å². The first-order valence-corrected chi connectivity index (χ1v) is 7.29. The summed E-state index contributed by atoms with van der Waals surface area (Å²) >= 11 is 0. The highest BCUT2D eigenvalue weighted by Crippen LogP contribution is 2.23. The third-order valence-corrected chi connectivity index (χ3v) is 3.94. The van der Waals surface area contributed by atoms with Crippen LogP contribution in [0.25, 0.3) is 0 Å². The summed E-state index contributed by atoms with van der Waals surface area (Å²) in [6.07, 6.45) is 3.85. The minimum absolute atomic E-state index is 0.169. The zero-order valence-corrected chi connectivity index (χ0v) is 12.0. The molecule has 1 aromatic rings. The van der Waals surface area contributed by atoms with Crippen LogP contribution in [-0.2, 0) is 6.54 Å². The molecule has 1 fully saturated rings. The Morgan fingerprint density at radius 2 is 2.21 bits per heavy atom. The van der Waals surface area contributed by atoms with Gasteiger partial charge < -0.3 is 10.4 Å². The van der Waals surface area contributed by atoms with E-state index in [1.54, 1.807) is 0 Å². The predicted octanol–water partition coefficient (Wildman–Crippen LogP) is 2.11. The molecule has 1 aromatic heterocycles. The fourth-order valence-electron chi connectivity index (χ4n) is 2.73. The fraction of sp³-hybridized carbons (Fsp3) is 0.667. The quantitative estimate of drug-likeness (QED) is 0.854. The average Bonchev–Trinajstić information content (AvgIpc) is 2.42. The maximum absolute atomic E-state index is 9.63. The lowest BCUT2D eigenvalue weighted by atomic mass is 9.92. The molecule has 1 unspecified atom stereocenters. The number of nitrogens with zero attached hydrogens (tertiary/aromatic N) is 2. The van der Waals surface area contributed by atoms with Gasteiger partial charge in [0.05, 0.1) is 6.10 Å². The summed E-state index contributed by atoms with van der Waals surface area (Å²) in [5.74, 6) is 1.47. The van der Waals surface area contributed by atoms with E-state index in [1.165, 1.54) is 5.56 Å². The van der Waals surface area contributed by atoms with E-state index in [0.717, 1.165) is 44.8 Å². The largest absolute Gasteiger partial charge is 0.393 e. The van der Waals surface area contributed by atoms with Gasteiger partial charge >= 0.3 is 0 Å².